The van der Waals surface area contributed by atoms with Gasteiger partial charge in [0.05, 0.1) is 29.3 Å². The summed E-state index contributed by atoms with van der Waals surface area (Å²) in [4.78, 5) is 4.63. The minimum atomic E-state index is -0.388. The van der Waals surface area contributed by atoms with Gasteiger partial charge in [0.15, 0.2) is 0 Å². The zero-order valence-electron chi connectivity index (χ0n) is 11.6. The Balaban J connectivity index is 2.69. The third-order valence-corrected chi connectivity index (χ3v) is 3.33. The number of nitriles is 1. The van der Waals surface area contributed by atoms with E-state index in [1.54, 1.807) is 6.07 Å². The number of hydrogen-bond donors (Lipinski definition) is 1. The third-order valence-electron chi connectivity index (χ3n) is 3.33. The first-order valence-corrected chi connectivity index (χ1v) is 6.55. The van der Waals surface area contributed by atoms with Crippen molar-refractivity contribution in [3.63, 3.8) is 0 Å². The normalized spacial score (nSPS) is 11.7. The average Bonchev–Trinajstić information content (AvgIpc) is 2.78. The predicted molar refractivity (Wildman–Crippen MR) is 74.9 cm³/mol. The van der Waals surface area contributed by atoms with Crippen LogP contribution in [0.1, 0.15) is 38.6 Å². The van der Waals surface area contributed by atoms with Crippen LogP contribution in [0.25, 0.3) is 11.0 Å². The van der Waals surface area contributed by atoms with E-state index in [-0.39, 0.29) is 12.0 Å². The van der Waals surface area contributed by atoms with E-state index in [9.17, 15) is 5.11 Å². The second kappa shape index (κ2) is 5.02. The molecule has 0 bridgehead atoms. The maximum atomic E-state index is 9.56. The van der Waals surface area contributed by atoms with Gasteiger partial charge in [-0.3, -0.25) is 0 Å². The number of fused-ring (bicyclic) bond motifs is 1. The van der Waals surface area contributed by atoms with Crippen LogP contribution in [-0.4, -0.2) is 21.3 Å². The summed E-state index contributed by atoms with van der Waals surface area (Å²) in [7, 11) is 0. The lowest BCUT2D eigenvalue weighted by Gasteiger charge is -2.22. The zero-order valence-corrected chi connectivity index (χ0v) is 11.6. The molecule has 0 aliphatic rings. The summed E-state index contributed by atoms with van der Waals surface area (Å²) in [6.45, 7) is 6.98. The second-order valence-corrected chi connectivity index (χ2v) is 5.44. The van der Waals surface area contributed by atoms with Gasteiger partial charge in [-0.15, -0.1) is 0 Å². The van der Waals surface area contributed by atoms with Gasteiger partial charge >= 0.3 is 0 Å². The lowest BCUT2D eigenvalue weighted by molar-refractivity contribution is 0.208. The summed E-state index contributed by atoms with van der Waals surface area (Å²) in [6.07, 6.45) is 1.000. The standard InChI is InChI=1S/C15H19N3O/c1-4-7-18-13-6-5-11(9-16)8-12(13)17-14(18)15(2,3)10-19/h5-6,8,19H,4,7,10H2,1-3H3. The van der Waals surface area contributed by atoms with Crippen LogP contribution in [0.4, 0.5) is 0 Å². The molecular weight excluding hydrogens is 238 g/mol. The van der Waals surface area contributed by atoms with Gasteiger partial charge in [-0.25, -0.2) is 4.98 Å². The average molecular weight is 257 g/mol. The molecule has 19 heavy (non-hydrogen) atoms. The Bertz CT molecular complexity index is 635. The number of aromatic nitrogens is 2. The van der Waals surface area contributed by atoms with E-state index in [4.69, 9.17) is 5.26 Å². The summed E-state index contributed by atoms with van der Waals surface area (Å²) >= 11 is 0. The molecule has 0 saturated carbocycles. The highest BCUT2D eigenvalue weighted by Crippen LogP contribution is 2.27. The smallest absolute Gasteiger partial charge is 0.117 e. The van der Waals surface area contributed by atoms with Crippen molar-refractivity contribution in [1.82, 2.24) is 9.55 Å². The van der Waals surface area contributed by atoms with Crippen molar-refractivity contribution in [3.05, 3.63) is 29.6 Å². The molecular formula is C15H19N3O. The summed E-state index contributed by atoms with van der Waals surface area (Å²) in [6, 6.07) is 7.69. The van der Waals surface area contributed by atoms with E-state index >= 15 is 0 Å². The van der Waals surface area contributed by atoms with Gasteiger partial charge in [-0.05, 0) is 24.6 Å². The van der Waals surface area contributed by atoms with E-state index in [0.717, 1.165) is 29.8 Å². The summed E-state index contributed by atoms with van der Waals surface area (Å²) in [5.41, 5.74) is 2.07. The molecule has 0 aliphatic heterocycles. The van der Waals surface area contributed by atoms with Crippen molar-refractivity contribution in [2.24, 2.45) is 0 Å². The Morgan fingerprint density at radius 3 is 2.74 bits per heavy atom. The molecule has 0 saturated heterocycles. The van der Waals surface area contributed by atoms with Crippen molar-refractivity contribution in [3.8, 4) is 6.07 Å². The zero-order chi connectivity index (χ0) is 14.0. The van der Waals surface area contributed by atoms with E-state index in [1.807, 2.05) is 26.0 Å². The van der Waals surface area contributed by atoms with Crippen LogP contribution in [-0.2, 0) is 12.0 Å². The topological polar surface area (TPSA) is 61.8 Å². The molecule has 1 N–H and O–H groups in total. The monoisotopic (exact) mass is 257 g/mol. The summed E-state index contributed by atoms with van der Waals surface area (Å²) in [5.74, 6) is 0.877. The molecule has 2 rings (SSSR count). The molecule has 4 heteroatoms. The molecule has 1 heterocycles. The number of hydrogen-bond acceptors (Lipinski definition) is 3. The van der Waals surface area contributed by atoms with Gasteiger partial charge in [0, 0.05) is 12.0 Å². The van der Waals surface area contributed by atoms with Crippen LogP contribution in [0.3, 0.4) is 0 Å². The van der Waals surface area contributed by atoms with Gasteiger partial charge in [-0.1, -0.05) is 20.8 Å². The predicted octanol–water partition coefficient (Wildman–Crippen LogP) is 2.59. The number of aryl methyl sites for hydroxylation is 1. The first-order chi connectivity index (χ1) is 9.03. The van der Waals surface area contributed by atoms with Crippen molar-refractivity contribution in [1.29, 1.82) is 5.26 Å². The minimum Gasteiger partial charge on any atom is -0.395 e. The van der Waals surface area contributed by atoms with Crippen LogP contribution in [0, 0.1) is 11.3 Å². The largest absolute Gasteiger partial charge is 0.395 e. The van der Waals surface area contributed by atoms with Gasteiger partial charge in [0.2, 0.25) is 0 Å². The fourth-order valence-corrected chi connectivity index (χ4v) is 2.24. The highest BCUT2D eigenvalue weighted by molar-refractivity contribution is 5.78. The molecule has 0 spiro atoms. The lowest BCUT2D eigenvalue weighted by Crippen LogP contribution is -2.27. The molecule has 0 aliphatic carbocycles. The molecule has 100 valence electrons. The molecule has 4 nitrogen and oxygen atoms in total. The first-order valence-electron chi connectivity index (χ1n) is 6.55. The van der Waals surface area contributed by atoms with Gasteiger partial charge < -0.3 is 9.67 Å². The third kappa shape index (κ3) is 2.34. The van der Waals surface area contributed by atoms with Crippen LogP contribution in [0.2, 0.25) is 0 Å². The Morgan fingerprint density at radius 2 is 2.16 bits per heavy atom. The summed E-state index contributed by atoms with van der Waals surface area (Å²) in [5, 5.41) is 18.5. The van der Waals surface area contributed by atoms with E-state index in [1.165, 1.54) is 0 Å². The van der Waals surface area contributed by atoms with Crippen molar-refractivity contribution in [2.75, 3.05) is 6.61 Å². The van der Waals surface area contributed by atoms with Crippen LogP contribution >= 0.6 is 0 Å². The number of aliphatic hydroxyl groups is 1. The Labute approximate surface area is 113 Å². The van der Waals surface area contributed by atoms with E-state index in [0.29, 0.717) is 5.56 Å². The SMILES string of the molecule is CCCn1c(C(C)(C)CO)nc2cc(C#N)ccc21. The number of aliphatic hydroxyl groups excluding tert-OH is 1. The molecule has 0 fully saturated rings. The molecule has 0 radical (unpaired) electrons. The Morgan fingerprint density at radius 1 is 1.42 bits per heavy atom. The number of rotatable bonds is 4. The van der Waals surface area contributed by atoms with E-state index < -0.39 is 0 Å². The van der Waals surface area contributed by atoms with Gasteiger partial charge in [0.25, 0.3) is 0 Å². The molecule has 2 aromatic rings. The van der Waals surface area contributed by atoms with Crippen LogP contribution in [0.5, 0.6) is 0 Å². The highest BCUT2D eigenvalue weighted by atomic mass is 16.3. The Hall–Kier alpha value is -1.86. The molecule has 1 aromatic carbocycles. The lowest BCUT2D eigenvalue weighted by atomic mass is 9.93. The molecule has 1 aromatic heterocycles. The summed E-state index contributed by atoms with van der Waals surface area (Å²) < 4.78 is 2.15. The second-order valence-electron chi connectivity index (χ2n) is 5.44. The molecule has 0 unspecified atom stereocenters. The van der Waals surface area contributed by atoms with Crippen molar-refractivity contribution < 1.29 is 5.11 Å². The van der Waals surface area contributed by atoms with Crippen LogP contribution in [0.15, 0.2) is 18.2 Å². The highest BCUT2D eigenvalue weighted by Gasteiger charge is 2.26. The fraction of sp³-hybridized carbons (Fsp3) is 0.467. The van der Waals surface area contributed by atoms with Gasteiger partial charge in [0.1, 0.15) is 5.82 Å². The van der Waals surface area contributed by atoms with Crippen molar-refractivity contribution in [2.45, 2.75) is 39.2 Å². The number of benzene rings is 1. The maximum absolute atomic E-state index is 9.56. The number of nitrogens with zero attached hydrogens (tertiary/aromatic N) is 3. The molecule has 0 atom stereocenters. The minimum absolute atomic E-state index is 0.0468. The number of imidazole rings is 1. The van der Waals surface area contributed by atoms with Gasteiger partial charge in [-0.2, -0.15) is 5.26 Å². The van der Waals surface area contributed by atoms with Crippen molar-refractivity contribution >= 4 is 11.0 Å². The first kappa shape index (κ1) is 13.6. The molecule has 0 amide bonds. The Kier molecular flexibility index (Phi) is 3.59. The van der Waals surface area contributed by atoms with E-state index in [2.05, 4.69) is 22.5 Å². The fourth-order valence-electron chi connectivity index (χ4n) is 2.24. The maximum Gasteiger partial charge on any atom is 0.117 e. The van der Waals surface area contributed by atoms with Crippen LogP contribution < -0.4 is 0 Å². The quantitative estimate of drug-likeness (QED) is 0.915.